The van der Waals surface area contributed by atoms with Gasteiger partial charge in [0.2, 0.25) is 0 Å². The van der Waals surface area contributed by atoms with Crippen LogP contribution in [0.3, 0.4) is 0 Å². The maximum absolute atomic E-state index is 15.8. The number of benzene rings is 2. The molecule has 0 spiro atoms. The molecule has 0 unspecified atom stereocenters. The quantitative estimate of drug-likeness (QED) is 0.115. The first-order chi connectivity index (χ1) is 36.1. The predicted molar refractivity (Wildman–Crippen MR) is 212 cm³/mol. The third-order valence-electron chi connectivity index (χ3n) is 12.7. The molecule has 1 radical (unpaired) electrons. The van der Waals surface area contributed by atoms with Crippen molar-refractivity contribution < 1.29 is 179 Å². The van der Waals surface area contributed by atoms with Crippen LogP contribution in [-0.4, -0.2) is 122 Å². The zero-order chi connectivity index (χ0) is 66.1. The average Bonchev–Trinajstić information content (AvgIpc) is 3.39. The molecule has 1 fully saturated rings. The minimum atomic E-state index is -8.99. The van der Waals surface area contributed by atoms with Crippen molar-refractivity contribution in [3.8, 4) is 11.5 Å². The predicted octanol–water partition coefficient (Wildman–Crippen LogP) is 16.3. The van der Waals surface area contributed by atoms with E-state index in [4.69, 9.17) is 0 Å². The van der Waals surface area contributed by atoms with Crippen LogP contribution in [0.5, 0.6) is 11.5 Å². The number of halogens is 34. The van der Waals surface area contributed by atoms with E-state index in [0.717, 1.165) is 41.5 Å². The minimum absolute atomic E-state index is 0.0419. The number of rotatable bonds is 18. The molecule has 1 saturated carbocycles. The van der Waals surface area contributed by atoms with Crippen molar-refractivity contribution >= 4 is 12.4 Å². The fourth-order valence-corrected chi connectivity index (χ4v) is 8.10. The summed E-state index contributed by atoms with van der Waals surface area (Å²) in [7, 11) is 0. The van der Waals surface area contributed by atoms with Crippen molar-refractivity contribution in [2.24, 2.45) is 0 Å². The summed E-state index contributed by atoms with van der Waals surface area (Å²) >= 11 is 4.06. The summed E-state index contributed by atoms with van der Waals surface area (Å²) in [4.78, 5) is 3.84. The monoisotopic (exact) mass is 1330 g/mol. The molecule has 1 aliphatic carbocycles. The first-order valence-electron chi connectivity index (χ1n) is 22.1. The average molecular weight is 1330 g/mol. The van der Waals surface area contributed by atoms with Crippen LogP contribution in [0.1, 0.15) is 101 Å². The van der Waals surface area contributed by atoms with Crippen molar-refractivity contribution in [1.82, 2.24) is 4.99 Å². The van der Waals surface area contributed by atoms with E-state index in [1.165, 1.54) is 0 Å². The molecule has 0 heterocycles. The van der Waals surface area contributed by atoms with Gasteiger partial charge in [-0.3, -0.25) is 0 Å². The topological polar surface area (TPSA) is 57.6 Å². The molecule has 0 amide bonds. The molecule has 83 heavy (non-hydrogen) atoms. The van der Waals surface area contributed by atoms with Gasteiger partial charge in [0.1, 0.15) is 0 Å². The number of alkyl halides is 34. The Morgan fingerprint density at radius 2 is 0.663 bits per heavy atom. The van der Waals surface area contributed by atoms with Gasteiger partial charge in [-0.05, 0) is 0 Å². The Kier molecular flexibility index (Phi) is 18.3. The molecule has 2 atom stereocenters. The van der Waals surface area contributed by atoms with Crippen LogP contribution in [-0.2, 0) is 38.6 Å². The number of hydrogen-bond acceptors (Lipinski definition) is 3. The molecule has 0 aromatic heterocycles. The molecule has 1 aliphatic rings. The molecular weight excluding hydrogens is 1290 g/mol. The molecular formula is C44H36CoF34N2O2+3. The normalized spacial score (nSPS) is 18.8. The summed E-state index contributed by atoms with van der Waals surface area (Å²) in [6, 6.07) is -5.16. The summed E-state index contributed by atoms with van der Waals surface area (Å²) < 4.78 is 483. The number of phenolic OH excluding ortho intramolecular Hbond substituents is 2. The van der Waals surface area contributed by atoms with Gasteiger partial charge in [-0.15, -0.1) is 0 Å². The van der Waals surface area contributed by atoms with Gasteiger partial charge in [0, 0.05) is 0 Å². The Morgan fingerprint density at radius 3 is 0.964 bits per heavy atom. The summed E-state index contributed by atoms with van der Waals surface area (Å²) in [6.45, 7) is 5.34. The van der Waals surface area contributed by atoms with Crippen molar-refractivity contribution in [2.45, 2.75) is 185 Å². The van der Waals surface area contributed by atoms with Crippen LogP contribution in [0.25, 0.3) is 0 Å². The number of hydrogen-bond donors (Lipinski definition) is 2. The Labute approximate surface area is 450 Å². The van der Waals surface area contributed by atoms with Crippen molar-refractivity contribution in [3.63, 3.8) is 0 Å². The van der Waals surface area contributed by atoms with Gasteiger partial charge >= 0.3 is 381 Å². The third kappa shape index (κ3) is 10.9. The zero-order valence-corrected chi connectivity index (χ0v) is 42.5. The molecule has 39 heteroatoms. The summed E-state index contributed by atoms with van der Waals surface area (Å²) in [5.74, 6) is -122. The van der Waals surface area contributed by atoms with E-state index in [0.29, 0.717) is 3.62 Å². The van der Waals surface area contributed by atoms with E-state index in [2.05, 4.69) is 20.9 Å². The molecule has 0 aliphatic heterocycles. The number of aromatic hydroxyl groups is 2. The van der Waals surface area contributed by atoms with Crippen LogP contribution in [0.15, 0.2) is 24.3 Å². The number of phenols is 2. The Balaban J connectivity index is 2.30. The summed E-state index contributed by atoms with van der Waals surface area (Å²) in [5, 5.41) is 22.1. The third-order valence-corrected chi connectivity index (χ3v) is 13.2. The standard InChI is InChI=1S/C44H36F34N2O2.Co/c1-27(2,3)21-13-19(29(45,46)31(49,50)33(53,54)35(57,58)37(61,62)39(65,66)41(69,70)43(73,74)75)11-17(25(21)81)15-79-23-9-7-8-10-24(23)80-16-18-12-20(14-22(26(18)82)28(4,5)6)30(47,48)32(51,52)34(55,56)36(59,60)38(63,64)40(67,68)42(71,72)44(76,77)78;/h11-16,23-24,81-82H,7-10H2,1-6H3;/q+1;+2/t23-,24-;/m1./s1. The van der Waals surface area contributed by atoms with E-state index in [1.807, 2.05) is 0 Å². The van der Waals surface area contributed by atoms with Crippen LogP contribution in [0, 0.1) is 0 Å². The second-order valence-corrected chi connectivity index (χ2v) is 21.1. The van der Waals surface area contributed by atoms with Gasteiger partial charge in [0.05, 0.1) is 0 Å². The molecule has 0 bridgehead atoms. The summed E-state index contributed by atoms with van der Waals surface area (Å²) in [5.41, 5.74) is -14.6. The van der Waals surface area contributed by atoms with Crippen molar-refractivity contribution in [2.75, 3.05) is 0 Å². The maximum atomic E-state index is 15.8. The van der Waals surface area contributed by atoms with Gasteiger partial charge in [0.25, 0.3) is 0 Å². The zero-order valence-electron chi connectivity index (χ0n) is 41.4. The van der Waals surface area contributed by atoms with Crippen LogP contribution < -0.4 is 4.99 Å². The second-order valence-electron chi connectivity index (χ2n) is 20.6. The van der Waals surface area contributed by atoms with Gasteiger partial charge in [-0.1, -0.05) is 0 Å². The van der Waals surface area contributed by atoms with Gasteiger partial charge in [-0.25, -0.2) is 0 Å². The van der Waals surface area contributed by atoms with E-state index >= 15 is 35.1 Å². The second kappa shape index (κ2) is 20.9. The van der Waals surface area contributed by atoms with Gasteiger partial charge in [0.15, 0.2) is 0 Å². The Bertz CT molecular complexity index is 2780. The van der Waals surface area contributed by atoms with Crippen LogP contribution in [0.4, 0.5) is 149 Å². The number of aliphatic imine (C=N–C) groups is 1. The molecule has 478 valence electrons. The Morgan fingerprint density at radius 1 is 0.398 bits per heavy atom. The molecule has 3 rings (SSSR count). The first-order valence-corrected chi connectivity index (χ1v) is 22.6. The molecule has 4 nitrogen and oxygen atoms in total. The fourth-order valence-electron chi connectivity index (χ4n) is 7.65. The molecule has 2 N–H and O–H groups in total. The van der Waals surface area contributed by atoms with Crippen LogP contribution >= 0.6 is 0 Å². The van der Waals surface area contributed by atoms with Crippen molar-refractivity contribution in [3.05, 3.63) is 57.6 Å². The van der Waals surface area contributed by atoms with E-state index in [9.17, 15) is 124 Å². The van der Waals surface area contributed by atoms with Gasteiger partial charge < -0.3 is 0 Å². The van der Waals surface area contributed by atoms with Gasteiger partial charge in [-0.2, -0.15) is 70.2 Å². The van der Waals surface area contributed by atoms with Crippen LogP contribution in [0.2, 0.25) is 0 Å². The first kappa shape index (κ1) is 72.8. The van der Waals surface area contributed by atoms with E-state index < -0.39 is 194 Å². The molecule has 2 aromatic carbocycles. The number of nitrogens with zero attached hydrogens (tertiary/aromatic N) is 2. The summed E-state index contributed by atoms with van der Waals surface area (Å²) in [6.07, 6.45) is -16.5. The fraction of sp³-hybridized carbons (Fsp3) is 0.682. The SMILES string of the molecule is CC(C)(C)c1cc(C(F)(F)C(F)(F)C(F)(F)C(F)(F)C(F)(F)C(F)(F)C(F)(F)C(F)(F)F)cc(C=[N+][C@@H]2CCCC[C@H]2[N+]([Co+])=Cc2cc(C(F)(F)C(F)(F)C(F)(F)C(F)(F)C(F)(F)C(F)(F)C(F)(F)C(F)(F)F)cc(C(C)(C)C)c2O)c1O. The van der Waals surface area contributed by atoms with E-state index in [-0.39, 0.29) is 31.7 Å². The molecule has 0 saturated heterocycles. The Hall–Kier alpha value is -4.49. The van der Waals surface area contributed by atoms with E-state index in [1.54, 1.807) is 0 Å². The van der Waals surface area contributed by atoms with Crippen molar-refractivity contribution in [1.29, 1.82) is 0 Å². The molecule has 2 aromatic rings.